The molecule has 0 atom stereocenters. The van der Waals surface area contributed by atoms with Crippen LogP contribution in [-0.4, -0.2) is 56.3 Å². The minimum absolute atomic E-state index is 0.127. The lowest BCUT2D eigenvalue weighted by atomic mass is 9.94. The number of carbonyl (C=O) groups excluding carboxylic acids is 1. The summed E-state index contributed by atoms with van der Waals surface area (Å²) in [7, 11) is -3.58. The lowest BCUT2D eigenvalue weighted by Crippen LogP contribution is -2.52. The maximum atomic E-state index is 13.2. The zero-order chi connectivity index (χ0) is 20.5. The number of sulfonamides is 1. The fourth-order valence-electron chi connectivity index (χ4n) is 3.97. The Labute approximate surface area is 172 Å². The van der Waals surface area contributed by atoms with Gasteiger partial charge in [-0.1, -0.05) is 30.3 Å². The summed E-state index contributed by atoms with van der Waals surface area (Å²) in [5, 5.41) is 0. The third kappa shape index (κ3) is 3.76. The third-order valence-corrected chi connectivity index (χ3v) is 7.70. The topological polar surface area (TPSA) is 66.9 Å². The van der Waals surface area contributed by atoms with Crippen LogP contribution in [0.15, 0.2) is 59.5 Å². The molecule has 2 fully saturated rings. The van der Waals surface area contributed by atoms with Gasteiger partial charge in [0, 0.05) is 26.2 Å². The molecule has 7 heteroatoms. The Hall–Kier alpha value is -2.38. The van der Waals surface area contributed by atoms with Crippen LogP contribution >= 0.6 is 0 Å². The molecule has 1 aliphatic heterocycles. The van der Waals surface area contributed by atoms with Crippen LogP contribution < -0.4 is 4.74 Å². The molecule has 0 bridgehead atoms. The van der Waals surface area contributed by atoms with Crippen molar-refractivity contribution in [2.75, 3.05) is 32.8 Å². The van der Waals surface area contributed by atoms with Gasteiger partial charge in [-0.2, -0.15) is 4.31 Å². The first-order valence-electron chi connectivity index (χ1n) is 10.1. The Morgan fingerprint density at radius 1 is 0.966 bits per heavy atom. The lowest BCUT2D eigenvalue weighted by molar-refractivity contribution is -0.135. The lowest BCUT2D eigenvalue weighted by Gasteiger charge is -2.36. The second-order valence-corrected chi connectivity index (χ2v) is 9.49. The molecule has 0 aromatic heterocycles. The van der Waals surface area contributed by atoms with Crippen LogP contribution in [0, 0.1) is 0 Å². The largest absolute Gasteiger partial charge is 0.494 e. The predicted molar refractivity (Wildman–Crippen MR) is 110 cm³/mol. The number of amides is 1. The van der Waals surface area contributed by atoms with E-state index in [1.54, 1.807) is 24.3 Å². The molecule has 1 saturated heterocycles. The second-order valence-electron chi connectivity index (χ2n) is 7.55. The van der Waals surface area contributed by atoms with Crippen molar-refractivity contribution in [3.63, 3.8) is 0 Å². The van der Waals surface area contributed by atoms with Crippen molar-refractivity contribution < 1.29 is 17.9 Å². The van der Waals surface area contributed by atoms with Gasteiger partial charge in [-0.15, -0.1) is 0 Å². The monoisotopic (exact) mass is 414 g/mol. The fraction of sp³-hybridized carbons (Fsp3) is 0.409. The number of ether oxygens (including phenoxy) is 1. The van der Waals surface area contributed by atoms with Gasteiger partial charge in [0.2, 0.25) is 15.9 Å². The molecule has 1 saturated carbocycles. The molecule has 1 amide bonds. The van der Waals surface area contributed by atoms with Gasteiger partial charge in [0.1, 0.15) is 5.75 Å². The Bertz CT molecular complexity index is 962. The Balaban J connectivity index is 1.42. The van der Waals surface area contributed by atoms with Gasteiger partial charge >= 0.3 is 0 Å². The van der Waals surface area contributed by atoms with E-state index in [1.807, 2.05) is 42.2 Å². The smallest absolute Gasteiger partial charge is 0.243 e. The van der Waals surface area contributed by atoms with Crippen LogP contribution in [0.3, 0.4) is 0 Å². The number of hydrogen-bond acceptors (Lipinski definition) is 4. The van der Waals surface area contributed by atoms with Crippen molar-refractivity contribution in [2.45, 2.75) is 30.1 Å². The predicted octanol–water partition coefficient (Wildman–Crippen LogP) is 2.65. The number of hydrogen-bond donors (Lipinski definition) is 0. The van der Waals surface area contributed by atoms with Crippen molar-refractivity contribution in [1.29, 1.82) is 0 Å². The molecule has 6 nitrogen and oxygen atoms in total. The summed E-state index contributed by atoms with van der Waals surface area (Å²) in [6.45, 7) is 3.88. The first kappa shape index (κ1) is 19.9. The zero-order valence-electron chi connectivity index (χ0n) is 16.6. The van der Waals surface area contributed by atoms with Crippen molar-refractivity contribution in [3.05, 3.63) is 60.2 Å². The molecular formula is C22H26N2O4S. The van der Waals surface area contributed by atoms with Crippen LogP contribution in [0.25, 0.3) is 0 Å². The van der Waals surface area contributed by atoms with E-state index in [2.05, 4.69) is 0 Å². The van der Waals surface area contributed by atoms with Gasteiger partial charge in [-0.3, -0.25) is 4.79 Å². The van der Waals surface area contributed by atoms with E-state index in [0.29, 0.717) is 38.5 Å². The molecule has 0 radical (unpaired) electrons. The summed E-state index contributed by atoms with van der Waals surface area (Å²) in [6, 6.07) is 16.4. The number of benzene rings is 2. The van der Waals surface area contributed by atoms with Crippen LogP contribution in [0.5, 0.6) is 5.75 Å². The minimum atomic E-state index is -3.58. The summed E-state index contributed by atoms with van der Waals surface area (Å²) in [6.07, 6.45) is 1.72. The third-order valence-electron chi connectivity index (χ3n) is 5.78. The van der Waals surface area contributed by atoms with Crippen molar-refractivity contribution in [2.24, 2.45) is 0 Å². The van der Waals surface area contributed by atoms with E-state index in [4.69, 9.17) is 4.74 Å². The Kier molecular flexibility index (Phi) is 5.36. The summed E-state index contributed by atoms with van der Waals surface area (Å²) in [4.78, 5) is 15.2. The molecule has 4 rings (SSSR count). The molecule has 2 aromatic carbocycles. The van der Waals surface area contributed by atoms with Crippen LogP contribution in [0.2, 0.25) is 0 Å². The minimum Gasteiger partial charge on any atom is -0.494 e. The van der Waals surface area contributed by atoms with Gasteiger partial charge in [0.05, 0.1) is 16.9 Å². The molecule has 0 spiro atoms. The van der Waals surface area contributed by atoms with Crippen LogP contribution in [0.4, 0.5) is 0 Å². The van der Waals surface area contributed by atoms with E-state index < -0.39 is 15.4 Å². The van der Waals surface area contributed by atoms with Crippen molar-refractivity contribution in [1.82, 2.24) is 9.21 Å². The van der Waals surface area contributed by atoms with Gasteiger partial charge in [-0.25, -0.2) is 8.42 Å². The average Bonchev–Trinajstić information content (AvgIpc) is 3.57. The van der Waals surface area contributed by atoms with E-state index >= 15 is 0 Å². The summed E-state index contributed by atoms with van der Waals surface area (Å²) in [5.41, 5.74) is 0.659. The van der Waals surface area contributed by atoms with Crippen LogP contribution in [0.1, 0.15) is 25.3 Å². The summed E-state index contributed by atoms with van der Waals surface area (Å²) in [5.74, 6) is 0.777. The molecule has 154 valence electrons. The highest BCUT2D eigenvalue weighted by molar-refractivity contribution is 7.89. The van der Waals surface area contributed by atoms with Crippen molar-refractivity contribution >= 4 is 15.9 Å². The highest BCUT2D eigenvalue weighted by Gasteiger charge is 2.53. The van der Waals surface area contributed by atoms with E-state index in [9.17, 15) is 13.2 Å². The maximum absolute atomic E-state index is 13.2. The number of nitrogens with zero attached hydrogens (tertiary/aromatic N) is 2. The maximum Gasteiger partial charge on any atom is 0.243 e. The van der Waals surface area contributed by atoms with E-state index in [-0.39, 0.29) is 10.8 Å². The second kappa shape index (κ2) is 7.80. The summed E-state index contributed by atoms with van der Waals surface area (Å²) >= 11 is 0. The Morgan fingerprint density at radius 2 is 1.59 bits per heavy atom. The van der Waals surface area contributed by atoms with Crippen molar-refractivity contribution in [3.8, 4) is 5.75 Å². The highest BCUT2D eigenvalue weighted by atomic mass is 32.2. The molecule has 1 heterocycles. The number of carbonyl (C=O) groups is 1. The van der Waals surface area contributed by atoms with E-state index in [0.717, 1.165) is 18.4 Å². The quantitative estimate of drug-likeness (QED) is 0.729. The summed E-state index contributed by atoms with van der Waals surface area (Å²) < 4.78 is 32.7. The number of piperazine rings is 1. The van der Waals surface area contributed by atoms with E-state index in [1.165, 1.54) is 4.31 Å². The average molecular weight is 415 g/mol. The Morgan fingerprint density at radius 3 is 2.14 bits per heavy atom. The molecule has 1 aliphatic carbocycles. The highest BCUT2D eigenvalue weighted by Crippen LogP contribution is 2.49. The van der Waals surface area contributed by atoms with Gasteiger partial charge in [-0.05, 0) is 49.6 Å². The van der Waals surface area contributed by atoms with Gasteiger partial charge < -0.3 is 9.64 Å². The molecule has 29 heavy (non-hydrogen) atoms. The fourth-order valence-corrected chi connectivity index (χ4v) is 5.39. The van der Waals surface area contributed by atoms with Crippen LogP contribution in [-0.2, 0) is 20.2 Å². The normalized spacial score (nSPS) is 19.0. The number of rotatable bonds is 6. The first-order chi connectivity index (χ1) is 14.0. The zero-order valence-corrected chi connectivity index (χ0v) is 17.4. The molecular weight excluding hydrogens is 388 g/mol. The SMILES string of the molecule is CCOc1ccc(S(=O)(=O)N2CCN(C(=O)C3(c4ccccc4)CC3)CC2)cc1. The first-order valence-corrected chi connectivity index (χ1v) is 11.5. The molecule has 0 N–H and O–H groups in total. The standard InChI is InChI=1S/C22H26N2O4S/c1-2-28-19-8-10-20(11-9-19)29(26,27)24-16-14-23(15-17-24)21(25)22(12-13-22)18-6-4-3-5-7-18/h3-11H,2,12-17H2,1H3. The molecule has 0 unspecified atom stereocenters. The van der Waals surface area contributed by atoms with Gasteiger partial charge in [0.25, 0.3) is 0 Å². The molecule has 2 aliphatic rings. The molecule has 2 aromatic rings. The van der Waals surface area contributed by atoms with Gasteiger partial charge in [0.15, 0.2) is 0 Å².